The minimum Gasteiger partial charge on any atom is -0.348 e. The number of thiocarbonyl (C=S) groups is 2. The molecule has 0 aromatic heterocycles. The Bertz CT molecular complexity index is 482. The van der Waals surface area contributed by atoms with Gasteiger partial charge < -0.3 is 9.80 Å². The van der Waals surface area contributed by atoms with E-state index in [1.807, 2.05) is 13.8 Å². The van der Waals surface area contributed by atoms with Crippen LogP contribution >= 0.6 is 24.4 Å². The minimum atomic E-state index is 0.701. The molecule has 26 heavy (non-hydrogen) atoms. The molecule has 146 valence electrons. The third-order valence-electron chi connectivity index (χ3n) is 4.95. The number of likely N-dealkylation sites (tertiary alicyclic amines) is 2. The van der Waals surface area contributed by atoms with Crippen LogP contribution in [0.2, 0.25) is 0 Å². The first-order valence-electron chi connectivity index (χ1n) is 9.76. The molecule has 0 spiro atoms. The van der Waals surface area contributed by atoms with Gasteiger partial charge in [0.15, 0.2) is 10.2 Å². The van der Waals surface area contributed by atoms with Gasteiger partial charge in [-0.1, -0.05) is 25.7 Å². The Morgan fingerprint density at radius 2 is 0.923 bits per heavy atom. The molecule has 0 unspecified atom stereocenters. The maximum absolute atomic E-state index is 5.47. The average molecular weight is 397 g/mol. The second-order valence-electron chi connectivity index (χ2n) is 7.03. The number of nitrogens with one attached hydrogen (secondary N) is 2. The summed E-state index contributed by atoms with van der Waals surface area (Å²) in [6.07, 6.45) is 9.94. The van der Waals surface area contributed by atoms with E-state index in [4.69, 9.17) is 24.4 Å². The Morgan fingerprint density at radius 3 is 1.23 bits per heavy atom. The third-order valence-corrected chi connectivity index (χ3v) is 5.65. The molecule has 2 rings (SSSR count). The fraction of sp³-hybridized carbons (Fsp3) is 0.778. The zero-order valence-electron chi connectivity index (χ0n) is 16.1. The number of rotatable bonds is 3. The van der Waals surface area contributed by atoms with Crippen molar-refractivity contribution in [1.29, 1.82) is 0 Å². The molecule has 2 fully saturated rings. The van der Waals surface area contributed by atoms with Gasteiger partial charge in [-0.2, -0.15) is 10.2 Å². The first kappa shape index (κ1) is 21.0. The zero-order chi connectivity index (χ0) is 18.8. The molecule has 0 bridgehead atoms. The van der Waals surface area contributed by atoms with Gasteiger partial charge in [-0.05, 0) is 64.0 Å². The molecule has 6 nitrogen and oxygen atoms in total. The van der Waals surface area contributed by atoms with Crippen LogP contribution in [-0.4, -0.2) is 57.6 Å². The van der Waals surface area contributed by atoms with E-state index in [2.05, 4.69) is 30.9 Å². The van der Waals surface area contributed by atoms with Crippen molar-refractivity contribution in [2.45, 2.75) is 65.2 Å². The van der Waals surface area contributed by atoms with E-state index < -0.39 is 0 Å². The van der Waals surface area contributed by atoms with Crippen LogP contribution in [0.1, 0.15) is 65.2 Å². The molecule has 8 heteroatoms. The number of hydrogen-bond acceptors (Lipinski definition) is 4. The predicted octanol–water partition coefficient (Wildman–Crippen LogP) is 3.24. The Morgan fingerprint density at radius 1 is 0.615 bits per heavy atom. The summed E-state index contributed by atoms with van der Waals surface area (Å²) in [6.45, 7) is 7.90. The van der Waals surface area contributed by atoms with Crippen LogP contribution in [0.15, 0.2) is 10.2 Å². The topological polar surface area (TPSA) is 55.3 Å². The van der Waals surface area contributed by atoms with Crippen molar-refractivity contribution < 1.29 is 0 Å². The first-order valence-corrected chi connectivity index (χ1v) is 10.6. The highest BCUT2D eigenvalue weighted by atomic mass is 32.1. The highest BCUT2D eigenvalue weighted by Crippen LogP contribution is 2.10. The van der Waals surface area contributed by atoms with Crippen molar-refractivity contribution in [3.63, 3.8) is 0 Å². The fourth-order valence-electron chi connectivity index (χ4n) is 3.11. The number of hydrazone groups is 2. The number of nitrogens with zero attached hydrogens (tertiary/aromatic N) is 4. The molecule has 2 aliphatic rings. The van der Waals surface area contributed by atoms with E-state index in [-0.39, 0.29) is 0 Å². The second-order valence-corrected chi connectivity index (χ2v) is 7.80. The van der Waals surface area contributed by atoms with E-state index in [0.717, 1.165) is 37.6 Å². The van der Waals surface area contributed by atoms with Crippen LogP contribution in [-0.2, 0) is 0 Å². The molecule has 2 heterocycles. The molecule has 0 radical (unpaired) electrons. The Labute approximate surface area is 168 Å². The summed E-state index contributed by atoms with van der Waals surface area (Å²) in [4.78, 5) is 4.41. The van der Waals surface area contributed by atoms with Crippen LogP contribution in [0.3, 0.4) is 0 Å². The Balaban J connectivity index is 1.81. The summed E-state index contributed by atoms with van der Waals surface area (Å²) in [6, 6.07) is 0. The first-order chi connectivity index (χ1) is 12.6. The van der Waals surface area contributed by atoms with Gasteiger partial charge in [-0.3, -0.25) is 10.9 Å². The quantitative estimate of drug-likeness (QED) is 0.434. The van der Waals surface area contributed by atoms with Gasteiger partial charge in [-0.15, -0.1) is 0 Å². The Kier molecular flexibility index (Phi) is 9.25. The maximum Gasteiger partial charge on any atom is 0.189 e. The smallest absolute Gasteiger partial charge is 0.189 e. The lowest BCUT2D eigenvalue weighted by Gasteiger charge is -2.22. The highest BCUT2D eigenvalue weighted by molar-refractivity contribution is 7.80. The monoisotopic (exact) mass is 396 g/mol. The van der Waals surface area contributed by atoms with Crippen LogP contribution in [0.4, 0.5) is 0 Å². The number of hydrogen-bond donors (Lipinski definition) is 2. The van der Waals surface area contributed by atoms with Gasteiger partial charge in [0, 0.05) is 26.2 Å². The van der Waals surface area contributed by atoms with Crippen molar-refractivity contribution in [3.8, 4) is 0 Å². The van der Waals surface area contributed by atoms with Crippen molar-refractivity contribution in [1.82, 2.24) is 20.7 Å². The summed E-state index contributed by atoms with van der Waals surface area (Å²) in [5.41, 5.74) is 7.63. The fourth-order valence-corrected chi connectivity index (χ4v) is 3.57. The van der Waals surface area contributed by atoms with Crippen molar-refractivity contribution in [2.24, 2.45) is 10.2 Å². The van der Waals surface area contributed by atoms with E-state index >= 15 is 0 Å². The standard InChI is InChI=1S/C18H32N6S2/c1-15(19-21-17(25)23-11-7-3-4-8-12-23)16(2)20-22-18(26)24-13-9-5-6-10-14-24/h3-14H2,1-2H3,(H,21,25)(H,22,26)/b19-15+,20-16+. The van der Waals surface area contributed by atoms with E-state index in [1.165, 1.54) is 51.4 Å². The predicted molar refractivity (Wildman–Crippen MR) is 118 cm³/mol. The molecule has 2 saturated heterocycles. The molecular formula is C18H32N6S2. The van der Waals surface area contributed by atoms with Crippen LogP contribution < -0.4 is 10.9 Å². The van der Waals surface area contributed by atoms with Gasteiger partial charge in [0.05, 0.1) is 11.4 Å². The molecule has 0 atom stereocenters. The SMILES string of the molecule is CC(=N\NC(=S)N1CCCCCC1)/C(C)=N/NC(=S)N1CCCCCC1. The third kappa shape index (κ3) is 7.15. The van der Waals surface area contributed by atoms with Gasteiger partial charge in [0.25, 0.3) is 0 Å². The molecule has 2 N–H and O–H groups in total. The minimum absolute atomic E-state index is 0.701. The van der Waals surface area contributed by atoms with Gasteiger partial charge in [0.2, 0.25) is 0 Å². The van der Waals surface area contributed by atoms with Crippen molar-refractivity contribution in [3.05, 3.63) is 0 Å². The molecular weight excluding hydrogens is 364 g/mol. The van der Waals surface area contributed by atoms with Gasteiger partial charge in [-0.25, -0.2) is 0 Å². The molecule has 0 amide bonds. The lowest BCUT2D eigenvalue weighted by atomic mass is 10.2. The van der Waals surface area contributed by atoms with Crippen molar-refractivity contribution in [2.75, 3.05) is 26.2 Å². The average Bonchev–Trinajstić information content (AvgIpc) is 3.08. The van der Waals surface area contributed by atoms with E-state index in [9.17, 15) is 0 Å². The van der Waals surface area contributed by atoms with Crippen LogP contribution in [0.5, 0.6) is 0 Å². The lowest BCUT2D eigenvalue weighted by molar-refractivity contribution is 0.428. The molecule has 0 aromatic rings. The van der Waals surface area contributed by atoms with E-state index in [0.29, 0.717) is 10.2 Å². The molecule has 0 aromatic carbocycles. The summed E-state index contributed by atoms with van der Waals surface area (Å²) in [7, 11) is 0. The summed E-state index contributed by atoms with van der Waals surface area (Å²) < 4.78 is 0. The second kappa shape index (κ2) is 11.4. The summed E-state index contributed by atoms with van der Waals surface area (Å²) in [5, 5.41) is 10.2. The molecule has 2 aliphatic heterocycles. The maximum atomic E-state index is 5.47. The highest BCUT2D eigenvalue weighted by Gasteiger charge is 2.13. The lowest BCUT2D eigenvalue weighted by Crippen LogP contribution is -2.39. The summed E-state index contributed by atoms with van der Waals surface area (Å²) in [5.74, 6) is 0. The van der Waals surface area contributed by atoms with Crippen LogP contribution in [0, 0.1) is 0 Å². The largest absolute Gasteiger partial charge is 0.348 e. The van der Waals surface area contributed by atoms with E-state index in [1.54, 1.807) is 0 Å². The summed E-state index contributed by atoms with van der Waals surface area (Å²) >= 11 is 10.9. The zero-order valence-corrected chi connectivity index (χ0v) is 17.7. The van der Waals surface area contributed by atoms with Crippen molar-refractivity contribution >= 4 is 46.1 Å². The molecule has 0 saturated carbocycles. The van der Waals surface area contributed by atoms with Gasteiger partial charge in [0.1, 0.15) is 0 Å². The molecule has 0 aliphatic carbocycles. The van der Waals surface area contributed by atoms with Crippen LogP contribution in [0.25, 0.3) is 0 Å². The van der Waals surface area contributed by atoms with Gasteiger partial charge >= 0.3 is 0 Å². The normalized spacial score (nSPS) is 20.2. The Hall–Kier alpha value is -1.28.